The van der Waals surface area contributed by atoms with Crippen LogP contribution in [0.3, 0.4) is 0 Å². The van der Waals surface area contributed by atoms with Crippen molar-refractivity contribution < 1.29 is 8.83 Å². The maximum atomic E-state index is 6.56. The lowest BCUT2D eigenvalue weighted by Crippen LogP contribution is -2.41. The third-order valence-electron chi connectivity index (χ3n) is 13.4. The molecule has 4 heterocycles. The van der Waals surface area contributed by atoms with Gasteiger partial charge >= 0.3 is 0 Å². The number of fused-ring (bicyclic) bond motifs is 13. The minimum Gasteiger partial charge on any atom is -0.456 e. The highest BCUT2D eigenvalue weighted by Gasteiger charge is 2.39. The molecule has 0 fully saturated rings. The van der Waals surface area contributed by atoms with Crippen molar-refractivity contribution in [1.82, 2.24) is 4.98 Å². The van der Waals surface area contributed by atoms with Gasteiger partial charge in [-0.25, -0.2) is 0 Å². The minimum absolute atomic E-state index is 0.0632. The van der Waals surface area contributed by atoms with E-state index in [2.05, 4.69) is 154 Å². The van der Waals surface area contributed by atoms with E-state index in [-0.39, 0.29) is 10.8 Å². The number of para-hydroxylation sites is 3. The van der Waals surface area contributed by atoms with Gasteiger partial charge in [0.2, 0.25) is 0 Å². The van der Waals surface area contributed by atoms with Gasteiger partial charge in [0.15, 0.2) is 12.9 Å². The highest BCUT2D eigenvalue weighted by Crippen LogP contribution is 2.51. The fraction of sp³-hybridized carbons (Fsp3) is 0.176. The van der Waals surface area contributed by atoms with Gasteiger partial charge in [-0.15, -0.1) is 0 Å². The van der Waals surface area contributed by atoms with E-state index in [0.29, 0.717) is 0 Å². The summed E-state index contributed by atoms with van der Waals surface area (Å²) in [6.07, 6.45) is 2.35. The molecule has 7 aromatic carbocycles. The summed E-state index contributed by atoms with van der Waals surface area (Å²) in [6, 6.07) is 44.6. The van der Waals surface area contributed by atoms with Gasteiger partial charge in [0, 0.05) is 49.6 Å². The molecule has 0 saturated heterocycles. The largest absolute Gasteiger partial charge is 0.456 e. The highest BCUT2D eigenvalue weighted by molar-refractivity contribution is 6.74. The Bertz CT molecular complexity index is 3320. The Morgan fingerprint density at radius 1 is 0.571 bits per heavy atom. The van der Waals surface area contributed by atoms with Gasteiger partial charge in [0.25, 0.3) is 0 Å². The number of anilines is 3. The number of furan rings is 2. The van der Waals surface area contributed by atoms with Gasteiger partial charge in [-0.05, 0) is 112 Å². The normalized spacial score (nSPS) is 15.8. The number of aryl methyl sites for hydroxylation is 1. The van der Waals surface area contributed by atoms with Crippen molar-refractivity contribution in [1.29, 1.82) is 0 Å². The van der Waals surface area contributed by atoms with Crippen molar-refractivity contribution >= 4 is 101 Å². The third kappa shape index (κ3) is 4.31. The molecule has 0 unspecified atom stereocenters. The fourth-order valence-corrected chi connectivity index (χ4v) is 10.3. The van der Waals surface area contributed by atoms with E-state index in [1.54, 1.807) is 0 Å². The monoisotopic (exact) mass is 724 g/mol. The van der Waals surface area contributed by atoms with Gasteiger partial charge in [0.05, 0.1) is 11.0 Å². The first-order valence-electron chi connectivity index (χ1n) is 20.0. The molecule has 1 aliphatic heterocycles. The van der Waals surface area contributed by atoms with Crippen molar-refractivity contribution in [3.05, 3.63) is 138 Å². The minimum atomic E-state index is 0.0632. The summed E-state index contributed by atoms with van der Waals surface area (Å²) in [4.78, 5) is 6.48. The summed E-state index contributed by atoms with van der Waals surface area (Å²) >= 11 is 0. The van der Waals surface area contributed by atoms with Crippen LogP contribution in [0.5, 0.6) is 0 Å². The lowest BCUT2D eigenvalue weighted by atomic mass is 9.57. The highest BCUT2D eigenvalue weighted by atomic mass is 16.3. The van der Waals surface area contributed by atoms with Crippen LogP contribution < -0.4 is 15.8 Å². The van der Waals surface area contributed by atoms with Crippen LogP contribution in [0.2, 0.25) is 0 Å². The predicted octanol–water partition coefficient (Wildman–Crippen LogP) is 12.6. The molecule has 4 nitrogen and oxygen atoms in total. The molecule has 0 radical (unpaired) electrons. The fourth-order valence-electron chi connectivity index (χ4n) is 10.3. The number of aromatic nitrogens is 1. The Kier molecular flexibility index (Phi) is 6.29. The summed E-state index contributed by atoms with van der Waals surface area (Å²) in [5.41, 5.74) is 18.9. The molecule has 0 atom stereocenters. The Morgan fingerprint density at radius 2 is 1.25 bits per heavy atom. The smallest absolute Gasteiger partial charge is 0.198 e. The van der Waals surface area contributed by atoms with Crippen molar-refractivity contribution in [2.24, 2.45) is 0 Å². The van der Waals surface area contributed by atoms with E-state index in [0.717, 1.165) is 68.6 Å². The zero-order chi connectivity index (χ0) is 37.7. The molecular formula is C51H41BN2O2. The number of hydrogen-bond acceptors (Lipinski definition) is 3. The molecule has 0 saturated carbocycles. The van der Waals surface area contributed by atoms with Crippen LogP contribution in [0.15, 0.2) is 130 Å². The van der Waals surface area contributed by atoms with Crippen LogP contribution in [-0.4, -0.2) is 12.3 Å². The molecule has 10 aromatic rings. The first kappa shape index (κ1) is 32.1. The Labute approximate surface area is 326 Å². The lowest BCUT2D eigenvalue weighted by molar-refractivity contribution is 0.332. The van der Waals surface area contributed by atoms with E-state index < -0.39 is 0 Å². The topological polar surface area (TPSA) is 45.3 Å². The van der Waals surface area contributed by atoms with Crippen molar-refractivity contribution in [3.8, 4) is 11.1 Å². The van der Waals surface area contributed by atoms with E-state index in [1.165, 1.54) is 73.0 Å². The average Bonchev–Trinajstić information content (AvgIpc) is 3.87. The Hall–Kier alpha value is -6.20. The number of nitrogens with one attached hydrogen (secondary N) is 1. The molecule has 1 N–H and O–H groups in total. The molecular weight excluding hydrogens is 683 g/mol. The summed E-state index contributed by atoms with van der Waals surface area (Å²) in [6.45, 7) is 12.0. The lowest BCUT2D eigenvalue weighted by Gasteiger charge is -2.44. The standard InChI is InChI=1S/C51H41BN2O2/c1-28-23-37-38(51(4,5)22-21-50(37,2)3)26-40(28)54-41-25-35-31-15-8-10-19-42(31)55-44(35)27-39(41)52-45-36(24-29-13-6-7-14-30(29)48(45)54)32-17-12-18-34-46(32)53-47-33-16-9-11-20-43(33)56-49(34)47/h6-20,23-27,52-53H,21-22H2,1-5H3. The number of rotatable bonds is 2. The Morgan fingerprint density at radius 3 is 2.05 bits per heavy atom. The summed E-state index contributed by atoms with van der Waals surface area (Å²) < 4.78 is 13.1. The maximum absolute atomic E-state index is 6.56. The van der Waals surface area contributed by atoms with Gasteiger partial charge in [-0.1, -0.05) is 106 Å². The summed E-state index contributed by atoms with van der Waals surface area (Å²) in [5, 5.41) is 6.98. The Balaban J connectivity index is 1.20. The molecule has 3 aromatic heterocycles. The van der Waals surface area contributed by atoms with Crippen molar-refractivity contribution in [3.63, 3.8) is 0 Å². The molecule has 56 heavy (non-hydrogen) atoms. The molecule has 12 rings (SSSR count). The van der Waals surface area contributed by atoms with E-state index in [1.807, 2.05) is 12.1 Å². The van der Waals surface area contributed by atoms with Crippen LogP contribution in [-0.2, 0) is 10.8 Å². The van der Waals surface area contributed by atoms with Crippen LogP contribution in [0, 0.1) is 6.92 Å². The zero-order valence-electron chi connectivity index (χ0n) is 32.4. The number of aromatic amines is 1. The summed E-state index contributed by atoms with van der Waals surface area (Å²) in [5.74, 6) is 0. The third-order valence-corrected chi connectivity index (χ3v) is 13.4. The molecule has 5 heteroatoms. The number of nitrogens with zero attached hydrogens (tertiary/aromatic N) is 1. The van der Waals surface area contributed by atoms with Gasteiger partial charge in [-0.3, -0.25) is 0 Å². The zero-order valence-corrected chi connectivity index (χ0v) is 32.4. The SMILES string of the molecule is Cc1cc2c(cc1N1c3cc4c(cc3Bc3c(-c5cccc6c5[nH]c5c7ccccc7oc65)cc5ccccc5c31)oc1ccccc14)C(C)(C)CCC2(C)C. The molecule has 2 aliphatic rings. The number of H-pyrrole nitrogens is 1. The van der Waals surface area contributed by atoms with Gasteiger partial charge in [0.1, 0.15) is 16.7 Å². The second-order valence-corrected chi connectivity index (χ2v) is 17.7. The molecule has 1 aliphatic carbocycles. The van der Waals surface area contributed by atoms with Crippen LogP contribution in [0.4, 0.5) is 17.1 Å². The van der Waals surface area contributed by atoms with E-state index in [4.69, 9.17) is 8.83 Å². The quantitative estimate of drug-likeness (QED) is 0.181. The van der Waals surface area contributed by atoms with Crippen LogP contribution in [0.1, 0.15) is 57.2 Å². The average molecular weight is 725 g/mol. The van der Waals surface area contributed by atoms with Gasteiger partial charge in [-0.2, -0.15) is 0 Å². The first-order chi connectivity index (χ1) is 27.1. The second-order valence-electron chi connectivity index (χ2n) is 17.7. The molecule has 270 valence electrons. The maximum Gasteiger partial charge on any atom is 0.198 e. The van der Waals surface area contributed by atoms with Crippen LogP contribution in [0.25, 0.3) is 76.8 Å². The predicted molar refractivity (Wildman–Crippen MR) is 237 cm³/mol. The second kappa shape index (κ2) is 11.0. The molecule has 0 spiro atoms. The van der Waals surface area contributed by atoms with E-state index in [9.17, 15) is 0 Å². The van der Waals surface area contributed by atoms with Gasteiger partial charge < -0.3 is 18.7 Å². The van der Waals surface area contributed by atoms with Crippen molar-refractivity contribution in [2.45, 2.75) is 58.3 Å². The van der Waals surface area contributed by atoms with Crippen LogP contribution >= 0.6 is 0 Å². The molecule has 0 bridgehead atoms. The number of hydrogen-bond donors (Lipinski definition) is 1. The number of benzene rings is 7. The van der Waals surface area contributed by atoms with E-state index >= 15 is 0 Å². The molecule has 0 amide bonds. The summed E-state index contributed by atoms with van der Waals surface area (Å²) in [7, 11) is 0.771. The van der Waals surface area contributed by atoms with Crippen molar-refractivity contribution in [2.75, 3.05) is 4.90 Å². The first-order valence-corrected chi connectivity index (χ1v) is 20.0.